The van der Waals surface area contributed by atoms with Crippen molar-refractivity contribution in [3.63, 3.8) is 0 Å². The zero-order chi connectivity index (χ0) is 12.3. The second-order valence-corrected chi connectivity index (χ2v) is 5.74. The zero-order valence-electron chi connectivity index (χ0n) is 11.0. The summed E-state index contributed by atoms with van der Waals surface area (Å²) in [5.74, 6) is 1.71. The minimum Gasteiger partial charge on any atom is -0.352 e. The summed E-state index contributed by atoms with van der Waals surface area (Å²) in [6.45, 7) is 8.53. The van der Waals surface area contributed by atoms with Crippen LogP contribution in [0.25, 0.3) is 0 Å². The minimum absolute atomic E-state index is 0.0155. The summed E-state index contributed by atoms with van der Waals surface area (Å²) in [6, 6.07) is -0.0295. The predicted octanol–water partition coefficient (Wildman–Crippen LogP) is 1.91. The van der Waals surface area contributed by atoms with Crippen molar-refractivity contribution >= 4 is 5.91 Å². The Morgan fingerprint density at radius 2 is 1.88 bits per heavy atom. The molecule has 1 rings (SSSR count). The van der Waals surface area contributed by atoms with Crippen molar-refractivity contribution in [2.45, 2.75) is 59.0 Å². The van der Waals surface area contributed by atoms with Gasteiger partial charge in [0.15, 0.2) is 0 Å². The van der Waals surface area contributed by atoms with Crippen molar-refractivity contribution in [2.75, 3.05) is 0 Å². The second kappa shape index (κ2) is 5.67. The molecule has 0 heterocycles. The highest BCUT2D eigenvalue weighted by Gasteiger charge is 2.27. The van der Waals surface area contributed by atoms with Crippen molar-refractivity contribution in [1.82, 2.24) is 5.32 Å². The van der Waals surface area contributed by atoms with E-state index in [1.807, 2.05) is 13.8 Å². The molecule has 1 saturated carbocycles. The molecular weight excluding hydrogens is 200 g/mol. The van der Waals surface area contributed by atoms with Gasteiger partial charge in [-0.15, -0.1) is 0 Å². The molecule has 3 N–H and O–H groups in total. The Morgan fingerprint density at radius 1 is 1.25 bits per heavy atom. The molecule has 16 heavy (non-hydrogen) atoms. The lowest BCUT2D eigenvalue weighted by Crippen LogP contribution is -2.49. The van der Waals surface area contributed by atoms with Crippen LogP contribution in [-0.2, 0) is 4.79 Å². The molecule has 0 aliphatic heterocycles. The number of nitrogens with two attached hydrogens (primary N) is 1. The fraction of sp³-hybridized carbons (Fsp3) is 0.923. The molecule has 0 aromatic heterocycles. The van der Waals surface area contributed by atoms with Crippen LogP contribution in [0.15, 0.2) is 0 Å². The van der Waals surface area contributed by atoms with Crippen LogP contribution >= 0.6 is 0 Å². The monoisotopic (exact) mass is 226 g/mol. The summed E-state index contributed by atoms with van der Waals surface area (Å²) < 4.78 is 0. The average molecular weight is 226 g/mol. The van der Waals surface area contributed by atoms with E-state index >= 15 is 0 Å². The van der Waals surface area contributed by atoms with Crippen molar-refractivity contribution in [3.8, 4) is 0 Å². The summed E-state index contributed by atoms with van der Waals surface area (Å²) in [5.41, 5.74) is 5.83. The molecule has 4 atom stereocenters. The van der Waals surface area contributed by atoms with E-state index in [1.54, 1.807) is 0 Å². The first-order valence-corrected chi connectivity index (χ1v) is 6.47. The van der Waals surface area contributed by atoms with Gasteiger partial charge in [-0.05, 0) is 37.0 Å². The lowest BCUT2D eigenvalue weighted by molar-refractivity contribution is -0.124. The molecule has 3 nitrogen and oxygen atoms in total. The highest BCUT2D eigenvalue weighted by atomic mass is 16.2. The third-order valence-corrected chi connectivity index (χ3v) is 3.97. The van der Waals surface area contributed by atoms with E-state index in [0.29, 0.717) is 12.0 Å². The molecule has 0 radical (unpaired) electrons. The summed E-state index contributed by atoms with van der Waals surface area (Å²) in [4.78, 5) is 11.8. The SMILES string of the molecule is CC1CCC(NC(=O)[C@H](N)C(C)C)CC1C. The van der Waals surface area contributed by atoms with Gasteiger partial charge in [0.1, 0.15) is 0 Å². The number of nitrogens with one attached hydrogen (secondary N) is 1. The zero-order valence-corrected chi connectivity index (χ0v) is 11.0. The van der Waals surface area contributed by atoms with Crippen LogP contribution in [0.5, 0.6) is 0 Å². The van der Waals surface area contributed by atoms with Gasteiger partial charge in [0, 0.05) is 6.04 Å². The highest BCUT2D eigenvalue weighted by Crippen LogP contribution is 2.29. The van der Waals surface area contributed by atoms with E-state index in [4.69, 9.17) is 5.73 Å². The van der Waals surface area contributed by atoms with Crippen LogP contribution in [0.3, 0.4) is 0 Å². The molecule has 0 bridgehead atoms. The van der Waals surface area contributed by atoms with E-state index in [2.05, 4.69) is 19.2 Å². The van der Waals surface area contributed by atoms with Gasteiger partial charge in [0.25, 0.3) is 0 Å². The number of rotatable bonds is 3. The topological polar surface area (TPSA) is 55.1 Å². The normalized spacial score (nSPS) is 32.5. The molecule has 0 spiro atoms. The highest BCUT2D eigenvalue weighted by molar-refractivity contribution is 5.82. The van der Waals surface area contributed by atoms with Gasteiger partial charge in [-0.3, -0.25) is 4.79 Å². The molecule has 3 unspecified atom stereocenters. The summed E-state index contributed by atoms with van der Waals surface area (Å²) in [7, 11) is 0. The van der Waals surface area contributed by atoms with Crippen molar-refractivity contribution in [3.05, 3.63) is 0 Å². The molecule has 0 aromatic carbocycles. The number of hydrogen-bond acceptors (Lipinski definition) is 2. The summed E-state index contributed by atoms with van der Waals surface area (Å²) in [5, 5.41) is 3.09. The fourth-order valence-corrected chi connectivity index (χ4v) is 2.28. The molecule has 1 aliphatic carbocycles. The Labute approximate surface area is 99.2 Å². The molecule has 0 aromatic rings. The number of carbonyl (C=O) groups is 1. The Morgan fingerprint density at radius 3 is 2.38 bits per heavy atom. The molecule has 1 aliphatic rings. The van der Waals surface area contributed by atoms with Gasteiger partial charge < -0.3 is 11.1 Å². The Balaban J connectivity index is 2.40. The predicted molar refractivity (Wildman–Crippen MR) is 66.9 cm³/mol. The maximum absolute atomic E-state index is 11.8. The van der Waals surface area contributed by atoms with Crippen LogP contribution in [-0.4, -0.2) is 18.0 Å². The Bertz CT molecular complexity index is 240. The summed E-state index contributed by atoms with van der Waals surface area (Å²) in [6.07, 6.45) is 3.41. The number of carbonyl (C=O) groups excluding carboxylic acids is 1. The first-order chi connectivity index (χ1) is 7.41. The fourth-order valence-electron chi connectivity index (χ4n) is 2.28. The van der Waals surface area contributed by atoms with Crippen LogP contribution in [0.2, 0.25) is 0 Å². The molecule has 3 heteroatoms. The van der Waals surface area contributed by atoms with E-state index in [9.17, 15) is 4.79 Å². The van der Waals surface area contributed by atoms with Gasteiger partial charge in [-0.1, -0.05) is 27.7 Å². The third-order valence-electron chi connectivity index (χ3n) is 3.97. The Hall–Kier alpha value is -0.570. The van der Waals surface area contributed by atoms with Gasteiger partial charge in [-0.2, -0.15) is 0 Å². The van der Waals surface area contributed by atoms with Crippen LogP contribution in [0.4, 0.5) is 0 Å². The second-order valence-electron chi connectivity index (χ2n) is 5.74. The third kappa shape index (κ3) is 3.48. The number of amides is 1. The van der Waals surface area contributed by atoms with E-state index in [-0.39, 0.29) is 17.9 Å². The summed E-state index contributed by atoms with van der Waals surface area (Å²) >= 11 is 0. The van der Waals surface area contributed by atoms with Crippen molar-refractivity contribution in [1.29, 1.82) is 0 Å². The lowest BCUT2D eigenvalue weighted by Gasteiger charge is -2.33. The number of hydrogen-bond donors (Lipinski definition) is 2. The van der Waals surface area contributed by atoms with E-state index in [0.717, 1.165) is 18.8 Å². The largest absolute Gasteiger partial charge is 0.352 e. The van der Waals surface area contributed by atoms with Crippen LogP contribution < -0.4 is 11.1 Å². The first-order valence-electron chi connectivity index (χ1n) is 6.47. The lowest BCUT2D eigenvalue weighted by atomic mass is 9.79. The van der Waals surface area contributed by atoms with Crippen molar-refractivity contribution < 1.29 is 4.79 Å². The standard InChI is InChI=1S/C13H26N2O/c1-8(2)12(14)13(16)15-11-6-5-9(3)10(4)7-11/h8-12H,5-7,14H2,1-4H3,(H,15,16)/t9?,10?,11?,12-/m1/s1. The van der Waals surface area contributed by atoms with Crippen molar-refractivity contribution in [2.24, 2.45) is 23.5 Å². The van der Waals surface area contributed by atoms with Gasteiger partial charge >= 0.3 is 0 Å². The molecule has 94 valence electrons. The first kappa shape index (κ1) is 13.5. The van der Waals surface area contributed by atoms with E-state index in [1.165, 1.54) is 6.42 Å². The smallest absolute Gasteiger partial charge is 0.237 e. The van der Waals surface area contributed by atoms with Gasteiger partial charge in [-0.25, -0.2) is 0 Å². The molecular formula is C13H26N2O. The quantitative estimate of drug-likeness (QED) is 0.772. The maximum atomic E-state index is 11.8. The minimum atomic E-state index is -0.366. The van der Waals surface area contributed by atoms with Gasteiger partial charge in [0.2, 0.25) is 5.91 Å². The average Bonchev–Trinajstić information content (AvgIpc) is 2.22. The maximum Gasteiger partial charge on any atom is 0.237 e. The van der Waals surface area contributed by atoms with Crippen LogP contribution in [0, 0.1) is 17.8 Å². The van der Waals surface area contributed by atoms with E-state index < -0.39 is 0 Å². The Kier molecular flexibility index (Phi) is 4.78. The molecule has 0 saturated heterocycles. The molecule has 1 fully saturated rings. The molecule has 1 amide bonds. The van der Waals surface area contributed by atoms with Crippen LogP contribution in [0.1, 0.15) is 47.0 Å². The van der Waals surface area contributed by atoms with Gasteiger partial charge in [0.05, 0.1) is 6.04 Å².